The first-order valence-corrected chi connectivity index (χ1v) is 9.78. The number of halogens is 1. The maximum atomic E-state index is 13.1. The van der Waals surface area contributed by atoms with E-state index >= 15 is 0 Å². The molecule has 4 aromatic rings. The van der Waals surface area contributed by atoms with E-state index in [4.69, 9.17) is 4.98 Å². The van der Waals surface area contributed by atoms with Crippen LogP contribution in [-0.2, 0) is 4.79 Å². The number of aryl methyl sites for hydroxylation is 1. The minimum absolute atomic E-state index is 0.168. The Labute approximate surface area is 165 Å². The monoisotopic (exact) mass is 395 g/mol. The summed E-state index contributed by atoms with van der Waals surface area (Å²) in [5, 5.41) is 8.42. The van der Waals surface area contributed by atoms with Crippen LogP contribution in [-0.4, -0.2) is 30.7 Å². The van der Waals surface area contributed by atoms with Crippen LogP contribution in [0.2, 0.25) is 0 Å². The Kier molecular flexibility index (Phi) is 4.95. The number of benzene rings is 2. The first kappa shape index (κ1) is 18.4. The summed E-state index contributed by atoms with van der Waals surface area (Å²) in [5.74, 6) is 0.131. The van der Waals surface area contributed by atoms with Gasteiger partial charge in [0.15, 0.2) is 10.8 Å². The highest BCUT2D eigenvalue weighted by Crippen LogP contribution is 2.28. The second kappa shape index (κ2) is 7.55. The number of hydrogen-bond acceptors (Lipinski definition) is 5. The van der Waals surface area contributed by atoms with Gasteiger partial charge in [-0.05, 0) is 49.7 Å². The smallest absolute Gasteiger partial charge is 0.237 e. The molecule has 0 saturated carbocycles. The molecule has 0 bridgehead atoms. The molecule has 2 heterocycles. The van der Waals surface area contributed by atoms with Gasteiger partial charge in [-0.2, -0.15) is 4.52 Å². The van der Waals surface area contributed by atoms with Crippen molar-refractivity contribution in [2.75, 3.05) is 5.32 Å². The van der Waals surface area contributed by atoms with Crippen LogP contribution in [0.5, 0.6) is 0 Å². The van der Waals surface area contributed by atoms with Crippen molar-refractivity contribution in [3.63, 3.8) is 0 Å². The largest absolute Gasteiger partial charge is 0.325 e. The number of aromatic nitrogens is 4. The molecule has 1 amide bonds. The van der Waals surface area contributed by atoms with Crippen molar-refractivity contribution in [1.29, 1.82) is 0 Å². The quantitative estimate of drug-likeness (QED) is 0.404. The molecule has 0 aliphatic carbocycles. The first-order chi connectivity index (χ1) is 13.5. The van der Waals surface area contributed by atoms with E-state index in [1.165, 1.54) is 36.0 Å². The predicted octanol–water partition coefficient (Wildman–Crippen LogP) is 4.23. The van der Waals surface area contributed by atoms with Crippen LogP contribution < -0.4 is 5.32 Å². The topological polar surface area (TPSA) is 72.2 Å². The van der Waals surface area contributed by atoms with Crippen molar-refractivity contribution in [2.45, 2.75) is 30.7 Å². The summed E-state index contributed by atoms with van der Waals surface area (Å²) in [6.07, 6.45) is 0.599. The molecule has 1 N–H and O–H groups in total. The van der Waals surface area contributed by atoms with E-state index in [0.29, 0.717) is 23.1 Å². The Hall–Kier alpha value is -3.00. The number of carbonyl (C=O) groups excluding carboxylic acids is 1. The lowest BCUT2D eigenvalue weighted by Gasteiger charge is -2.15. The maximum Gasteiger partial charge on any atom is 0.237 e. The van der Waals surface area contributed by atoms with E-state index in [-0.39, 0.29) is 17.0 Å². The number of rotatable bonds is 5. The molecule has 8 heteroatoms. The average Bonchev–Trinajstić information content (AvgIpc) is 3.09. The number of carbonyl (C=O) groups is 1. The van der Waals surface area contributed by atoms with Gasteiger partial charge < -0.3 is 5.32 Å². The van der Waals surface area contributed by atoms with Crippen LogP contribution in [0, 0.1) is 12.7 Å². The number of amides is 1. The zero-order chi connectivity index (χ0) is 19.7. The summed E-state index contributed by atoms with van der Waals surface area (Å²) in [6, 6.07) is 13.4. The summed E-state index contributed by atoms with van der Waals surface area (Å²) in [5.41, 5.74) is 2.08. The number of para-hydroxylation sites is 1. The molecule has 0 saturated heterocycles. The Morgan fingerprint density at radius 3 is 2.68 bits per heavy atom. The van der Waals surface area contributed by atoms with Gasteiger partial charge in [0.05, 0.1) is 10.8 Å². The Morgan fingerprint density at radius 1 is 1.18 bits per heavy atom. The van der Waals surface area contributed by atoms with Gasteiger partial charge in [0.25, 0.3) is 0 Å². The molecule has 28 heavy (non-hydrogen) atoms. The lowest BCUT2D eigenvalue weighted by Crippen LogP contribution is -2.25. The van der Waals surface area contributed by atoms with Crippen molar-refractivity contribution >= 4 is 39.9 Å². The Bertz CT molecular complexity index is 1160. The number of nitrogens with zero attached hydrogens (tertiary/aromatic N) is 4. The summed E-state index contributed by atoms with van der Waals surface area (Å²) in [4.78, 5) is 22.0. The fourth-order valence-corrected chi connectivity index (χ4v) is 3.88. The summed E-state index contributed by atoms with van der Waals surface area (Å²) < 4.78 is 14.8. The normalized spacial score (nSPS) is 12.4. The third-order valence-electron chi connectivity index (χ3n) is 4.28. The highest BCUT2D eigenvalue weighted by molar-refractivity contribution is 8.00. The number of thioether (sulfide) groups is 1. The van der Waals surface area contributed by atoms with Gasteiger partial charge in [0.1, 0.15) is 11.6 Å². The van der Waals surface area contributed by atoms with Crippen LogP contribution >= 0.6 is 11.8 Å². The Balaban J connectivity index is 1.66. The van der Waals surface area contributed by atoms with Crippen LogP contribution in [0.15, 0.2) is 53.7 Å². The molecule has 0 aliphatic rings. The number of anilines is 1. The third kappa shape index (κ3) is 3.55. The average molecular weight is 395 g/mol. The molecule has 6 nitrogen and oxygen atoms in total. The van der Waals surface area contributed by atoms with Gasteiger partial charge in [0, 0.05) is 11.1 Å². The van der Waals surface area contributed by atoms with Crippen LogP contribution in [0.3, 0.4) is 0 Å². The van der Waals surface area contributed by atoms with Crippen LogP contribution in [0.4, 0.5) is 10.1 Å². The number of fused-ring (bicyclic) bond motifs is 3. The van der Waals surface area contributed by atoms with Gasteiger partial charge in [0.2, 0.25) is 5.91 Å². The SMILES string of the molecule is CCC(Sc1nc2ccccc2c2nc(C)nn12)C(=O)Nc1ccc(F)cc1. The summed E-state index contributed by atoms with van der Waals surface area (Å²) in [6.45, 7) is 3.77. The molecule has 1 unspecified atom stereocenters. The van der Waals surface area contributed by atoms with E-state index in [1.807, 2.05) is 38.1 Å². The highest BCUT2D eigenvalue weighted by Gasteiger charge is 2.22. The zero-order valence-corrected chi connectivity index (χ0v) is 16.2. The fourth-order valence-electron chi connectivity index (χ4n) is 2.92. The lowest BCUT2D eigenvalue weighted by molar-refractivity contribution is -0.115. The number of nitrogens with one attached hydrogen (secondary N) is 1. The second-order valence-electron chi connectivity index (χ2n) is 6.32. The van der Waals surface area contributed by atoms with Crippen molar-refractivity contribution in [3.05, 3.63) is 60.2 Å². The van der Waals surface area contributed by atoms with Crippen molar-refractivity contribution in [1.82, 2.24) is 19.6 Å². The van der Waals surface area contributed by atoms with Gasteiger partial charge in [-0.1, -0.05) is 30.8 Å². The van der Waals surface area contributed by atoms with E-state index < -0.39 is 0 Å². The molecule has 0 aliphatic heterocycles. The third-order valence-corrected chi connectivity index (χ3v) is 5.58. The minimum Gasteiger partial charge on any atom is -0.325 e. The molecule has 0 fully saturated rings. The molecule has 2 aromatic heterocycles. The summed E-state index contributed by atoms with van der Waals surface area (Å²) >= 11 is 1.34. The highest BCUT2D eigenvalue weighted by atomic mass is 32.2. The zero-order valence-electron chi connectivity index (χ0n) is 15.4. The molecule has 0 radical (unpaired) electrons. The van der Waals surface area contributed by atoms with Gasteiger partial charge in [-0.15, -0.1) is 5.10 Å². The van der Waals surface area contributed by atoms with Crippen molar-refractivity contribution in [2.24, 2.45) is 0 Å². The molecule has 2 aromatic carbocycles. The molecule has 142 valence electrons. The van der Waals surface area contributed by atoms with E-state index in [2.05, 4.69) is 15.4 Å². The lowest BCUT2D eigenvalue weighted by atomic mass is 10.2. The van der Waals surface area contributed by atoms with Gasteiger partial charge in [-0.3, -0.25) is 4.79 Å². The van der Waals surface area contributed by atoms with Crippen molar-refractivity contribution in [3.8, 4) is 0 Å². The molecule has 4 rings (SSSR count). The molecule has 1 atom stereocenters. The summed E-state index contributed by atoms with van der Waals surface area (Å²) in [7, 11) is 0. The maximum absolute atomic E-state index is 13.1. The standard InChI is InChI=1S/C20H18FN5OS/c1-3-17(19(27)23-14-10-8-13(21)9-11-14)28-20-24-16-7-5-4-6-15(16)18-22-12(2)25-26(18)20/h4-11,17H,3H2,1-2H3,(H,23,27). The van der Waals surface area contributed by atoms with E-state index in [1.54, 1.807) is 4.52 Å². The molecule has 0 spiro atoms. The van der Waals surface area contributed by atoms with Crippen molar-refractivity contribution < 1.29 is 9.18 Å². The van der Waals surface area contributed by atoms with Crippen LogP contribution in [0.25, 0.3) is 16.6 Å². The minimum atomic E-state index is -0.383. The van der Waals surface area contributed by atoms with E-state index in [9.17, 15) is 9.18 Å². The molecular weight excluding hydrogens is 377 g/mol. The Morgan fingerprint density at radius 2 is 1.93 bits per heavy atom. The van der Waals surface area contributed by atoms with Gasteiger partial charge >= 0.3 is 0 Å². The first-order valence-electron chi connectivity index (χ1n) is 8.90. The predicted molar refractivity (Wildman–Crippen MR) is 108 cm³/mol. The molecular formula is C20H18FN5OS. The van der Waals surface area contributed by atoms with Crippen LogP contribution in [0.1, 0.15) is 19.2 Å². The van der Waals surface area contributed by atoms with Gasteiger partial charge in [-0.25, -0.2) is 14.4 Å². The fraction of sp³-hybridized carbons (Fsp3) is 0.200. The second-order valence-corrected chi connectivity index (χ2v) is 7.49. The van der Waals surface area contributed by atoms with E-state index in [0.717, 1.165) is 16.6 Å². The number of hydrogen-bond donors (Lipinski definition) is 1.